The molecule has 1 rings (SSSR count). The number of nitrogens with two attached hydrogens (primary N) is 1. The average molecular weight is 290 g/mol. The van der Waals surface area contributed by atoms with Gasteiger partial charge in [0.25, 0.3) is 5.91 Å². The lowest BCUT2D eigenvalue weighted by molar-refractivity contribution is 0.0726. The van der Waals surface area contributed by atoms with Gasteiger partial charge in [-0.05, 0) is 13.8 Å². The first-order valence-electron chi connectivity index (χ1n) is 5.47. The molecule has 0 atom stereocenters. The summed E-state index contributed by atoms with van der Waals surface area (Å²) in [4.78, 5) is 13.2. The minimum atomic E-state index is -1.25. The van der Waals surface area contributed by atoms with E-state index in [9.17, 15) is 18.0 Å². The maximum Gasteiger partial charge on any atom is 0.260 e. The highest BCUT2D eigenvalue weighted by molar-refractivity contribution is 7.80. The summed E-state index contributed by atoms with van der Waals surface area (Å²) in [5.74, 6) is -4.51. The minimum Gasteiger partial charge on any atom is -0.392 e. The third-order valence-corrected chi connectivity index (χ3v) is 2.56. The molecular formula is C12H13F3N2OS. The van der Waals surface area contributed by atoms with Crippen LogP contribution < -0.4 is 5.73 Å². The van der Waals surface area contributed by atoms with E-state index in [2.05, 4.69) is 12.2 Å². The number of hydrogen-bond donors (Lipinski definition) is 1. The number of carbonyl (C=O) groups excluding carboxylic acids is 1. The Balaban J connectivity index is 3.20. The predicted octanol–water partition coefficient (Wildman–Crippen LogP) is 2.24. The summed E-state index contributed by atoms with van der Waals surface area (Å²) in [7, 11) is 0. The molecule has 0 aliphatic heterocycles. The fraction of sp³-hybridized carbons (Fsp3) is 0.333. The van der Waals surface area contributed by atoms with Crippen molar-refractivity contribution in [1.82, 2.24) is 4.90 Å². The maximum absolute atomic E-state index is 13.5. The van der Waals surface area contributed by atoms with E-state index >= 15 is 0 Å². The lowest BCUT2D eigenvalue weighted by Crippen LogP contribution is -2.42. The van der Waals surface area contributed by atoms with Crippen LogP contribution in [0.3, 0.4) is 0 Å². The zero-order valence-electron chi connectivity index (χ0n) is 10.4. The van der Waals surface area contributed by atoms with Crippen molar-refractivity contribution in [3.8, 4) is 0 Å². The van der Waals surface area contributed by atoms with E-state index in [1.165, 1.54) is 0 Å². The van der Waals surface area contributed by atoms with E-state index in [0.29, 0.717) is 12.1 Å². The Bertz CT molecular complexity index is 497. The van der Waals surface area contributed by atoms with E-state index in [1.807, 2.05) is 0 Å². The fourth-order valence-corrected chi connectivity index (χ4v) is 1.69. The van der Waals surface area contributed by atoms with Crippen LogP contribution in [0, 0.1) is 17.5 Å². The smallest absolute Gasteiger partial charge is 0.260 e. The van der Waals surface area contributed by atoms with Crippen LogP contribution in [0.1, 0.15) is 24.2 Å². The summed E-state index contributed by atoms with van der Waals surface area (Å²) in [6, 6.07) is 0.545. The number of carbonyl (C=O) groups is 1. The second-order valence-electron chi connectivity index (χ2n) is 4.24. The standard InChI is InChI=1S/C12H13F3N2OS/c1-6(2)17(5-10(16)19)12(18)11-8(14)3-7(13)4-9(11)15/h3-4,6H,5H2,1-2H3,(H2,16,19). The second-order valence-corrected chi connectivity index (χ2v) is 4.76. The van der Waals surface area contributed by atoms with E-state index < -0.39 is 28.9 Å². The molecule has 104 valence electrons. The Morgan fingerprint density at radius 3 is 2.16 bits per heavy atom. The SMILES string of the molecule is CC(C)N(CC(N)=S)C(=O)c1c(F)cc(F)cc1F. The number of benzene rings is 1. The van der Waals surface area contributed by atoms with Crippen LogP contribution in [0.15, 0.2) is 12.1 Å². The van der Waals surface area contributed by atoms with Crippen LogP contribution in [0.2, 0.25) is 0 Å². The molecule has 7 heteroatoms. The molecule has 19 heavy (non-hydrogen) atoms. The third kappa shape index (κ3) is 3.66. The Kier molecular flexibility index (Phi) is 4.88. The summed E-state index contributed by atoms with van der Waals surface area (Å²) < 4.78 is 39.9. The molecule has 0 spiro atoms. The van der Waals surface area contributed by atoms with Gasteiger partial charge in [-0.25, -0.2) is 13.2 Å². The van der Waals surface area contributed by atoms with Gasteiger partial charge < -0.3 is 10.6 Å². The van der Waals surface area contributed by atoms with Gasteiger partial charge in [-0.15, -0.1) is 0 Å². The Morgan fingerprint density at radius 1 is 1.32 bits per heavy atom. The molecule has 1 aromatic rings. The molecule has 0 aliphatic rings. The van der Waals surface area contributed by atoms with E-state index in [0.717, 1.165) is 4.90 Å². The first kappa shape index (κ1) is 15.4. The van der Waals surface area contributed by atoms with Crippen LogP contribution in [0.5, 0.6) is 0 Å². The van der Waals surface area contributed by atoms with Crippen molar-refractivity contribution in [1.29, 1.82) is 0 Å². The van der Waals surface area contributed by atoms with Gasteiger partial charge in [0.1, 0.15) is 23.0 Å². The molecule has 1 amide bonds. The Labute approximate surface area is 114 Å². The number of halogens is 3. The predicted molar refractivity (Wildman–Crippen MR) is 69.3 cm³/mol. The van der Waals surface area contributed by atoms with Gasteiger partial charge in [0.2, 0.25) is 0 Å². The molecule has 0 saturated heterocycles. The highest BCUT2D eigenvalue weighted by Gasteiger charge is 2.26. The topological polar surface area (TPSA) is 46.3 Å². The summed E-state index contributed by atoms with van der Waals surface area (Å²) in [5, 5.41) is 0. The molecule has 0 fully saturated rings. The third-order valence-electron chi connectivity index (χ3n) is 2.43. The van der Waals surface area contributed by atoms with Gasteiger partial charge in [0, 0.05) is 18.2 Å². The van der Waals surface area contributed by atoms with E-state index in [-0.39, 0.29) is 17.6 Å². The van der Waals surface area contributed by atoms with Crippen LogP contribution in [0.25, 0.3) is 0 Å². The molecular weight excluding hydrogens is 277 g/mol. The second kappa shape index (κ2) is 6.01. The van der Waals surface area contributed by atoms with Crippen LogP contribution in [-0.4, -0.2) is 28.4 Å². The van der Waals surface area contributed by atoms with Crippen molar-refractivity contribution in [2.45, 2.75) is 19.9 Å². The highest BCUT2D eigenvalue weighted by atomic mass is 32.1. The van der Waals surface area contributed by atoms with Gasteiger partial charge >= 0.3 is 0 Å². The Hall–Kier alpha value is -1.63. The summed E-state index contributed by atoms with van der Waals surface area (Å²) in [6.45, 7) is 3.19. The van der Waals surface area contributed by atoms with Gasteiger partial charge in [0.15, 0.2) is 0 Å². The zero-order valence-corrected chi connectivity index (χ0v) is 11.2. The summed E-state index contributed by atoms with van der Waals surface area (Å²) in [6.07, 6.45) is 0. The van der Waals surface area contributed by atoms with Crippen molar-refractivity contribution in [2.24, 2.45) is 5.73 Å². The normalized spacial score (nSPS) is 10.6. The van der Waals surface area contributed by atoms with Gasteiger partial charge in [-0.2, -0.15) is 0 Å². The summed E-state index contributed by atoms with van der Waals surface area (Å²) >= 11 is 4.68. The van der Waals surface area contributed by atoms with Crippen LogP contribution in [0.4, 0.5) is 13.2 Å². The fourth-order valence-electron chi connectivity index (χ4n) is 1.55. The molecule has 3 nitrogen and oxygen atoms in total. The molecule has 0 heterocycles. The average Bonchev–Trinajstić information content (AvgIpc) is 2.23. The van der Waals surface area contributed by atoms with Gasteiger partial charge in [-0.1, -0.05) is 12.2 Å². The molecule has 1 aromatic carbocycles. The van der Waals surface area contributed by atoms with Crippen molar-refractivity contribution in [3.63, 3.8) is 0 Å². The first-order valence-corrected chi connectivity index (χ1v) is 5.88. The van der Waals surface area contributed by atoms with Gasteiger partial charge in [0.05, 0.1) is 11.5 Å². The van der Waals surface area contributed by atoms with Gasteiger partial charge in [-0.3, -0.25) is 4.79 Å². The van der Waals surface area contributed by atoms with E-state index in [4.69, 9.17) is 5.73 Å². The number of rotatable bonds is 4. The molecule has 0 saturated carbocycles. The minimum absolute atomic E-state index is 0.0185. The number of nitrogens with zero attached hydrogens (tertiary/aromatic N) is 1. The number of amides is 1. The van der Waals surface area contributed by atoms with Crippen molar-refractivity contribution in [3.05, 3.63) is 35.1 Å². The highest BCUT2D eigenvalue weighted by Crippen LogP contribution is 2.18. The lowest BCUT2D eigenvalue weighted by atomic mass is 10.1. The molecule has 2 N–H and O–H groups in total. The number of thiocarbonyl (C=S) groups is 1. The monoisotopic (exact) mass is 290 g/mol. The maximum atomic E-state index is 13.5. The summed E-state index contributed by atoms with van der Waals surface area (Å²) in [5.41, 5.74) is 4.52. The quantitative estimate of drug-likeness (QED) is 0.865. The van der Waals surface area contributed by atoms with Crippen molar-refractivity contribution in [2.75, 3.05) is 6.54 Å². The van der Waals surface area contributed by atoms with E-state index in [1.54, 1.807) is 13.8 Å². The lowest BCUT2D eigenvalue weighted by Gasteiger charge is -2.26. The Morgan fingerprint density at radius 2 is 1.79 bits per heavy atom. The number of hydrogen-bond acceptors (Lipinski definition) is 2. The largest absolute Gasteiger partial charge is 0.392 e. The first-order chi connectivity index (χ1) is 8.73. The van der Waals surface area contributed by atoms with Crippen LogP contribution >= 0.6 is 12.2 Å². The molecule has 0 bridgehead atoms. The molecule has 0 unspecified atom stereocenters. The van der Waals surface area contributed by atoms with Crippen molar-refractivity contribution < 1.29 is 18.0 Å². The van der Waals surface area contributed by atoms with Crippen molar-refractivity contribution >= 4 is 23.1 Å². The molecule has 0 radical (unpaired) electrons. The molecule has 0 aromatic heterocycles. The zero-order chi connectivity index (χ0) is 14.7. The molecule has 0 aliphatic carbocycles. The van der Waals surface area contributed by atoms with Crippen LogP contribution in [-0.2, 0) is 0 Å².